The van der Waals surface area contributed by atoms with Crippen LogP contribution in [-0.4, -0.2) is 17.1 Å². The number of benzene rings is 1. The van der Waals surface area contributed by atoms with Crippen LogP contribution in [-0.2, 0) is 0 Å². The Bertz CT molecular complexity index is 570. The van der Waals surface area contributed by atoms with Crippen molar-refractivity contribution in [2.45, 2.75) is 19.8 Å². The molecular weight excluding hydrogens is 242 g/mol. The highest BCUT2D eigenvalue weighted by Crippen LogP contribution is 2.35. The maximum atomic E-state index is 5.82. The van der Waals surface area contributed by atoms with Gasteiger partial charge in [0.05, 0.1) is 7.11 Å². The molecule has 5 heteroatoms. The number of rotatable bonds is 4. The molecule has 1 aromatic carbocycles. The molecule has 100 valence electrons. The van der Waals surface area contributed by atoms with Crippen molar-refractivity contribution in [3.05, 3.63) is 36.2 Å². The lowest BCUT2D eigenvalue weighted by Crippen LogP contribution is -2.01. The molecule has 0 spiro atoms. The van der Waals surface area contributed by atoms with Crippen molar-refractivity contribution < 1.29 is 9.47 Å². The topological polar surface area (TPSA) is 70.3 Å². The third-order valence-corrected chi connectivity index (χ3v) is 2.75. The zero-order valence-corrected chi connectivity index (χ0v) is 11.3. The fourth-order valence-electron chi connectivity index (χ4n) is 1.79. The maximum Gasteiger partial charge on any atom is 0.268 e. The second-order valence-electron chi connectivity index (χ2n) is 4.39. The molecule has 1 aromatic heterocycles. The van der Waals surface area contributed by atoms with Crippen molar-refractivity contribution >= 4 is 5.82 Å². The van der Waals surface area contributed by atoms with Crippen LogP contribution >= 0.6 is 0 Å². The fraction of sp³-hybridized carbons (Fsp3) is 0.286. The van der Waals surface area contributed by atoms with Gasteiger partial charge in [-0.3, -0.25) is 0 Å². The highest BCUT2D eigenvalue weighted by atomic mass is 16.5. The van der Waals surface area contributed by atoms with E-state index in [1.54, 1.807) is 0 Å². The van der Waals surface area contributed by atoms with Gasteiger partial charge in [-0.15, -0.1) is 0 Å². The molecule has 0 saturated carbocycles. The van der Waals surface area contributed by atoms with Crippen LogP contribution in [0.25, 0.3) is 0 Å². The Kier molecular flexibility index (Phi) is 3.85. The normalized spacial score (nSPS) is 10.5. The zero-order chi connectivity index (χ0) is 13.8. The Balaban J connectivity index is 2.39. The Morgan fingerprint density at radius 2 is 1.89 bits per heavy atom. The van der Waals surface area contributed by atoms with Gasteiger partial charge in [-0.05, 0) is 17.5 Å². The van der Waals surface area contributed by atoms with E-state index in [1.807, 2.05) is 24.3 Å². The lowest BCUT2D eigenvalue weighted by atomic mass is 10.0. The third kappa shape index (κ3) is 2.76. The first-order valence-electron chi connectivity index (χ1n) is 6.04. The molecule has 2 N–H and O–H groups in total. The number of anilines is 1. The lowest BCUT2D eigenvalue weighted by molar-refractivity contribution is 0.367. The van der Waals surface area contributed by atoms with Gasteiger partial charge in [0.1, 0.15) is 12.1 Å². The van der Waals surface area contributed by atoms with Crippen molar-refractivity contribution in [2.24, 2.45) is 0 Å². The van der Waals surface area contributed by atoms with E-state index in [9.17, 15) is 0 Å². The van der Waals surface area contributed by atoms with Gasteiger partial charge in [-0.1, -0.05) is 32.0 Å². The minimum Gasteiger partial charge on any atom is -0.489 e. The monoisotopic (exact) mass is 259 g/mol. The predicted molar refractivity (Wildman–Crippen MR) is 73.6 cm³/mol. The highest BCUT2D eigenvalue weighted by Gasteiger charge is 2.14. The predicted octanol–water partition coefficient (Wildman–Crippen LogP) is 2.98. The summed E-state index contributed by atoms with van der Waals surface area (Å²) in [6, 6.07) is 7.82. The molecule has 0 amide bonds. The summed E-state index contributed by atoms with van der Waals surface area (Å²) >= 11 is 0. The Morgan fingerprint density at radius 3 is 2.58 bits per heavy atom. The molecule has 2 rings (SSSR count). The zero-order valence-electron chi connectivity index (χ0n) is 11.3. The molecular formula is C14H17N3O2. The molecule has 0 unspecified atom stereocenters. The van der Waals surface area contributed by atoms with Gasteiger partial charge in [-0.25, -0.2) is 4.98 Å². The molecule has 0 bridgehead atoms. The summed E-state index contributed by atoms with van der Waals surface area (Å²) in [7, 11) is 1.51. The van der Waals surface area contributed by atoms with Crippen molar-refractivity contribution in [1.82, 2.24) is 9.97 Å². The number of hydrogen-bond donors (Lipinski definition) is 1. The molecule has 19 heavy (non-hydrogen) atoms. The van der Waals surface area contributed by atoms with Gasteiger partial charge in [0, 0.05) is 0 Å². The average Bonchev–Trinajstić information content (AvgIpc) is 2.39. The molecule has 0 aliphatic heterocycles. The first kappa shape index (κ1) is 13.1. The van der Waals surface area contributed by atoms with Gasteiger partial charge < -0.3 is 15.2 Å². The number of hydrogen-bond acceptors (Lipinski definition) is 5. The number of nitrogens with zero attached hydrogens (tertiary/aromatic N) is 2. The van der Waals surface area contributed by atoms with E-state index in [0.29, 0.717) is 17.5 Å². The highest BCUT2D eigenvalue weighted by molar-refractivity contribution is 5.53. The van der Waals surface area contributed by atoms with E-state index in [2.05, 4.69) is 23.8 Å². The van der Waals surface area contributed by atoms with E-state index in [4.69, 9.17) is 15.2 Å². The molecule has 0 aliphatic carbocycles. The summed E-state index contributed by atoms with van der Waals surface area (Å²) in [6.45, 7) is 4.21. The summed E-state index contributed by atoms with van der Waals surface area (Å²) in [5.74, 6) is 2.02. The van der Waals surface area contributed by atoms with Gasteiger partial charge in [-0.2, -0.15) is 4.98 Å². The summed E-state index contributed by atoms with van der Waals surface area (Å²) in [6.07, 6.45) is 1.35. The first-order chi connectivity index (χ1) is 9.13. The minimum absolute atomic E-state index is 0.259. The number of nitrogen functional groups attached to an aromatic ring is 1. The van der Waals surface area contributed by atoms with Crippen molar-refractivity contribution in [3.63, 3.8) is 0 Å². The largest absolute Gasteiger partial charge is 0.489 e. The van der Waals surface area contributed by atoms with E-state index in [0.717, 1.165) is 11.3 Å². The SMILES string of the molecule is COc1c(N)ncnc1Oc1ccccc1C(C)C. The molecule has 0 saturated heterocycles. The van der Waals surface area contributed by atoms with Crippen LogP contribution in [0.3, 0.4) is 0 Å². The molecule has 0 fully saturated rings. The molecule has 1 heterocycles. The second-order valence-corrected chi connectivity index (χ2v) is 4.39. The molecule has 0 radical (unpaired) electrons. The molecule has 0 aliphatic rings. The number of ether oxygens (including phenoxy) is 2. The number of aromatic nitrogens is 2. The van der Waals surface area contributed by atoms with E-state index in [1.165, 1.54) is 13.4 Å². The van der Waals surface area contributed by atoms with Gasteiger partial charge >= 0.3 is 0 Å². The fourth-order valence-corrected chi connectivity index (χ4v) is 1.79. The van der Waals surface area contributed by atoms with Crippen LogP contribution in [0.5, 0.6) is 17.4 Å². The summed E-state index contributed by atoms with van der Waals surface area (Å²) in [5, 5.41) is 0. The first-order valence-corrected chi connectivity index (χ1v) is 6.04. The second kappa shape index (κ2) is 5.56. The van der Waals surface area contributed by atoms with Crippen molar-refractivity contribution in [2.75, 3.05) is 12.8 Å². The Labute approximate surface area is 112 Å². The van der Waals surface area contributed by atoms with Gasteiger partial charge in [0.2, 0.25) is 5.75 Å². The van der Waals surface area contributed by atoms with Crippen LogP contribution in [0.15, 0.2) is 30.6 Å². The van der Waals surface area contributed by atoms with Gasteiger partial charge in [0.25, 0.3) is 5.88 Å². The summed E-state index contributed by atoms with van der Waals surface area (Å²) in [5.41, 5.74) is 6.83. The number of methoxy groups -OCH3 is 1. The van der Waals surface area contributed by atoms with Crippen molar-refractivity contribution in [1.29, 1.82) is 0 Å². The van der Waals surface area contributed by atoms with Crippen LogP contribution in [0.2, 0.25) is 0 Å². The van der Waals surface area contributed by atoms with Crippen LogP contribution in [0, 0.1) is 0 Å². The number of nitrogens with two attached hydrogens (primary N) is 1. The quantitative estimate of drug-likeness (QED) is 0.914. The summed E-state index contributed by atoms with van der Waals surface area (Å²) < 4.78 is 11.0. The Morgan fingerprint density at radius 1 is 1.16 bits per heavy atom. The Hall–Kier alpha value is -2.30. The lowest BCUT2D eigenvalue weighted by Gasteiger charge is -2.14. The molecule has 5 nitrogen and oxygen atoms in total. The third-order valence-electron chi connectivity index (χ3n) is 2.75. The van der Waals surface area contributed by atoms with E-state index < -0.39 is 0 Å². The molecule has 2 aromatic rings. The minimum atomic E-state index is 0.259. The average molecular weight is 259 g/mol. The van der Waals surface area contributed by atoms with E-state index >= 15 is 0 Å². The van der Waals surface area contributed by atoms with Crippen LogP contribution in [0.1, 0.15) is 25.3 Å². The summed E-state index contributed by atoms with van der Waals surface area (Å²) in [4.78, 5) is 7.94. The standard InChI is InChI=1S/C14H17N3O2/c1-9(2)10-6-4-5-7-11(10)19-14-12(18-3)13(15)16-8-17-14/h4-9H,1-3H3,(H2,15,16,17). The van der Waals surface area contributed by atoms with Crippen LogP contribution in [0.4, 0.5) is 5.82 Å². The van der Waals surface area contributed by atoms with Gasteiger partial charge in [0.15, 0.2) is 5.82 Å². The van der Waals surface area contributed by atoms with E-state index in [-0.39, 0.29) is 5.82 Å². The maximum absolute atomic E-state index is 5.82. The van der Waals surface area contributed by atoms with Crippen LogP contribution < -0.4 is 15.2 Å². The number of para-hydroxylation sites is 1. The van der Waals surface area contributed by atoms with Crippen molar-refractivity contribution in [3.8, 4) is 17.4 Å². The smallest absolute Gasteiger partial charge is 0.268 e. The molecule has 0 atom stereocenters.